The molecule has 1 atom stereocenters. The Morgan fingerprint density at radius 3 is 3.00 bits per heavy atom. The third-order valence-electron chi connectivity index (χ3n) is 2.49. The van der Waals surface area contributed by atoms with E-state index in [1.54, 1.807) is 0 Å². The third-order valence-corrected chi connectivity index (χ3v) is 2.49. The first-order chi connectivity index (χ1) is 6.75. The quantitative estimate of drug-likeness (QED) is 0.670. The van der Waals surface area contributed by atoms with Gasteiger partial charge in [0.25, 0.3) is 0 Å². The second kappa shape index (κ2) is 5.98. The van der Waals surface area contributed by atoms with Gasteiger partial charge in [0.15, 0.2) is 0 Å². The van der Waals surface area contributed by atoms with Crippen LogP contribution in [-0.4, -0.2) is 48.3 Å². The summed E-state index contributed by atoms with van der Waals surface area (Å²) in [5.41, 5.74) is 0. The van der Waals surface area contributed by atoms with Gasteiger partial charge in [-0.1, -0.05) is 0 Å². The predicted molar refractivity (Wildman–Crippen MR) is 52.9 cm³/mol. The number of carbonyl (C=O) groups is 1. The number of unbranched alkanes of at least 4 members (excludes halogenated alkanes) is 1. The van der Waals surface area contributed by atoms with Gasteiger partial charge in [-0.3, -0.25) is 4.79 Å². The number of amides is 1. The van der Waals surface area contributed by atoms with Crippen LogP contribution in [0, 0.1) is 0 Å². The average Bonchev–Trinajstić information content (AvgIpc) is 2.18. The van der Waals surface area contributed by atoms with Crippen LogP contribution in [0.15, 0.2) is 0 Å². The van der Waals surface area contributed by atoms with E-state index in [2.05, 4.69) is 0 Å². The van der Waals surface area contributed by atoms with Crippen LogP contribution in [0.4, 0.5) is 0 Å². The van der Waals surface area contributed by atoms with Crippen molar-refractivity contribution in [3.63, 3.8) is 0 Å². The van der Waals surface area contributed by atoms with Crippen molar-refractivity contribution in [1.82, 2.24) is 4.90 Å². The summed E-state index contributed by atoms with van der Waals surface area (Å²) in [6.45, 7) is 4.18. The Labute approximate surface area is 84.8 Å². The summed E-state index contributed by atoms with van der Waals surface area (Å²) >= 11 is 0. The van der Waals surface area contributed by atoms with E-state index >= 15 is 0 Å². The maximum absolute atomic E-state index is 11.7. The van der Waals surface area contributed by atoms with Crippen molar-refractivity contribution in [3.8, 4) is 0 Å². The number of hydrogen-bond acceptors (Lipinski definition) is 3. The zero-order valence-electron chi connectivity index (χ0n) is 8.74. The number of ether oxygens (including phenoxy) is 1. The molecular weight excluding hydrogens is 182 g/mol. The van der Waals surface area contributed by atoms with E-state index in [4.69, 9.17) is 9.84 Å². The van der Waals surface area contributed by atoms with E-state index in [1.165, 1.54) is 0 Å². The molecule has 0 aromatic rings. The number of nitrogens with zero attached hydrogens (tertiary/aromatic N) is 1. The van der Waals surface area contributed by atoms with E-state index < -0.39 is 0 Å². The van der Waals surface area contributed by atoms with Gasteiger partial charge in [-0.2, -0.15) is 0 Å². The number of aliphatic hydroxyl groups excluding tert-OH is 1. The van der Waals surface area contributed by atoms with Gasteiger partial charge in [0.05, 0.1) is 19.3 Å². The molecule has 0 radical (unpaired) electrons. The smallest absolute Gasteiger partial charge is 0.222 e. The second-order valence-electron chi connectivity index (χ2n) is 3.69. The van der Waals surface area contributed by atoms with Crippen LogP contribution < -0.4 is 0 Å². The molecule has 4 heteroatoms. The molecule has 0 saturated carbocycles. The van der Waals surface area contributed by atoms with Crippen LogP contribution in [0.25, 0.3) is 0 Å². The monoisotopic (exact) mass is 201 g/mol. The maximum atomic E-state index is 11.7. The van der Waals surface area contributed by atoms with Gasteiger partial charge in [-0.25, -0.2) is 0 Å². The van der Waals surface area contributed by atoms with Gasteiger partial charge in [0.1, 0.15) is 0 Å². The largest absolute Gasteiger partial charge is 0.396 e. The van der Waals surface area contributed by atoms with E-state index in [0.29, 0.717) is 32.6 Å². The topological polar surface area (TPSA) is 49.8 Å². The van der Waals surface area contributed by atoms with Crippen LogP contribution in [0.1, 0.15) is 26.2 Å². The summed E-state index contributed by atoms with van der Waals surface area (Å²) in [6.07, 6.45) is 2.04. The molecule has 0 aliphatic carbocycles. The van der Waals surface area contributed by atoms with E-state index in [0.717, 1.165) is 6.42 Å². The average molecular weight is 201 g/mol. The van der Waals surface area contributed by atoms with Crippen molar-refractivity contribution in [2.75, 3.05) is 26.4 Å². The molecule has 0 spiro atoms. The first-order valence-electron chi connectivity index (χ1n) is 5.23. The Morgan fingerprint density at radius 2 is 2.36 bits per heavy atom. The molecule has 1 saturated heterocycles. The molecule has 1 fully saturated rings. The molecule has 1 amide bonds. The van der Waals surface area contributed by atoms with Crippen LogP contribution in [0.5, 0.6) is 0 Å². The summed E-state index contributed by atoms with van der Waals surface area (Å²) in [5, 5.41) is 8.60. The minimum absolute atomic E-state index is 0.173. The number of morpholine rings is 1. The summed E-state index contributed by atoms with van der Waals surface area (Å²) in [4.78, 5) is 13.5. The summed E-state index contributed by atoms with van der Waals surface area (Å²) in [6, 6.07) is 0.199. The van der Waals surface area contributed by atoms with Gasteiger partial charge in [0.2, 0.25) is 5.91 Å². The van der Waals surface area contributed by atoms with Gasteiger partial charge < -0.3 is 14.7 Å². The highest BCUT2D eigenvalue weighted by Gasteiger charge is 2.22. The third kappa shape index (κ3) is 3.27. The Hall–Kier alpha value is -0.610. The normalized spacial score (nSPS) is 22.4. The Kier molecular flexibility index (Phi) is 4.90. The van der Waals surface area contributed by atoms with Crippen LogP contribution >= 0.6 is 0 Å². The van der Waals surface area contributed by atoms with Crippen molar-refractivity contribution in [1.29, 1.82) is 0 Å². The first-order valence-corrected chi connectivity index (χ1v) is 5.23. The fourth-order valence-corrected chi connectivity index (χ4v) is 1.63. The second-order valence-corrected chi connectivity index (χ2v) is 3.69. The zero-order valence-corrected chi connectivity index (χ0v) is 8.74. The lowest BCUT2D eigenvalue weighted by atomic mass is 10.2. The number of aliphatic hydroxyl groups is 1. The van der Waals surface area contributed by atoms with Crippen molar-refractivity contribution < 1.29 is 14.6 Å². The summed E-state index contributed by atoms with van der Waals surface area (Å²) in [5.74, 6) is 0.189. The molecule has 0 aromatic heterocycles. The SMILES string of the molecule is C[C@@H]1COCCN1C(=O)CCCCO. The van der Waals surface area contributed by atoms with Crippen LogP contribution in [-0.2, 0) is 9.53 Å². The van der Waals surface area contributed by atoms with Gasteiger partial charge in [-0.15, -0.1) is 0 Å². The molecule has 1 aliphatic rings. The highest BCUT2D eigenvalue weighted by molar-refractivity contribution is 5.76. The van der Waals surface area contributed by atoms with Crippen molar-refractivity contribution in [2.45, 2.75) is 32.2 Å². The minimum Gasteiger partial charge on any atom is -0.396 e. The Balaban J connectivity index is 2.27. The molecule has 1 N–H and O–H groups in total. The Bertz CT molecular complexity index is 184. The fraction of sp³-hybridized carbons (Fsp3) is 0.900. The highest BCUT2D eigenvalue weighted by atomic mass is 16.5. The lowest BCUT2D eigenvalue weighted by Gasteiger charge is -2.33. The van der Waals surface area contributed by atoms with Gasteiger partial charge >= 0.3 is 0 Å². The highest BCUT2D eigenvalue weighted by Crippen LogP contribution is 2.09. The standard InChI is InChI=1S/C10H19NO3/c1-9-8-14-7-5-11(9)10(13)4-2-3-6-12/h9,12H,2-8H2,1H3/t9-/m1/s1. The van der Waals surface area contributed by atoms with Gasteiger partial charge in [0, 0.05) is 19.6 Å². The lowest BCUT2D eigenvalue weighted by Crippen LogP contribution is -2.47. The molecule has 14 heavy (non-hydrogen) atoms. The predicted octanol–water partition coefficient (Wildman–Crippen LogP) is 0.396. The van der Waals surface area contributed by atoms with Gasteiger partial charge in [-0.05, 0) is 19.8 Å². The molecular formula is C10H19NO3. The van der Waals surface area contributed by atoms with Crippen molar-refractivity contribution in [3.05, 3.63) is 0 Å². The molecule has 1 heterocycles. The zero-order chi connectivity index (χ0) is 10.4. The van der Waals surface area contributed by atoms with Crippen LogP contribution in [0.3, 0.4) is 0 Å². The Morgan fingerprint density at radius 1 is 1.57 bits per heavy atom. The summed E-state index contributed by atoms with van der Waals surface area (Å²) < 4.78 is 5.25. The van der Waals surface area contributed by atoms with E-state index in [-0.39, 0.29) is 18.6 Å². The molecule has 82 valence electrons. The number of rotatable bonds is 4. The fourth-order valence-electron chi connectivity index (χ4n) is 1.63. The number of hydrogen-bond donors (Lipinski definition) is 1. The molecule has 0 bridgehead atoms. The molecule has 1 aliphatic heterocycles. The molecule has 1 rings (SSSR count). The van der Waals surface area contributed by atoms with E-state index in [1.807, 2.05) is 11.8 Å². The molecule has 0 aromatic carbocycles. The summed E-state index contributed by atoms with van der Waals surface area (Å²) in [7, 11) is 0. The first kappa shape index (κ1) is 11.5. The van der Waals surface area contributed by atoms with Crippen molar-refractivity contribution >= 4 is 5.91 Å². The van der Waals surface area contributed by atoms with E-state index in [9.17, 15) is 4.79 Å². The van der Waals surface area contributed by atoms with Crippen molar-refractivity contribution in [2.24, 2.45) is 0 Å². The molecule has 0 unspecified atom stereocenters. The minimum atomic E-state index is 0.173. The number of carbonyl (C=O) groups excluding carboxylic acids is 1. The lowest BCUT2D eigenvalue weighted by molar-refractivity contribution is -0.139. The van der Waals surface area contributed by atoms with Crippen LogP contribution in [0.2, 0.25) is 0 Å². The molecule has 4 nitrogen and oxygen atoms in total. The maximum Gasteiger partial charge on any atom is 0.222 e.